The van der Waals surface area contributed by atoms with Crippen LogP contribution in [0.3, 0.4) is 0 Å². The van der Waals surface area contributed by atoms with Crippen LogP contribution in [-0.4, -0.2) is 16.0 Å². The molecule has 5 nitrogen and oxygen atoms in total. The number of halogens is 1. The smallest absolute Gasteiger partial charge is 0.336 e. The molecule has 0 saturated heterocycles. The molecule has 20 heavy (non-hydrogen) atoms. The average molecular weight is 354 g/mol. The summed E-state index contributed by atoms with van der Waals surface area (Å²) < 4.78 is 0.902. The number of nitrogens with zero attached hydrogens (tertiary/aromatic N) is 1. The van der Waals surface area contributed by atoms with Crippen LogP contribution in [0.15, 0.2) is 56.7 Å². The minimum Gasteiger partial charge on any atom is -0.478 e. The highest BCUT2D eigenvalue weighted by Crippen LogP contribution is 2.33. The summed E-state index contributed by atoms with van der Waals surface area (Å²) in [5.41, 5.74) is -0.0851. The molecule has 7 heteroatoms. The van der Waals surface area contributed by atoms with Crippen molar-refractivity contribution in [3.05, 3.63) is 62.6 Å². The van der Waals surface area contributed by atoms with E-state index >= 15 is 0 Å². The van der Waals surface area contributed by atoms with Gasteiger partial charge in [0, 0.05) is 26.4 Å². The standard InChI is InChI=1S/C13H8BrNO4S/c14-8-1-4-10(5-2-8)20-12-7-9(15(18)19)3-6-11(12)13(16)17/h1-7H,(H,16,17). The lowest BCUT2D eigenvalue weighted by atomic mass is 10.2. The number of benzene rings is 2. The molecule has 0 saturated carbocycles. The van der Waals surface area contributed by atoms with E-state index < -0.39 is 10.9 Å². The number of non-ortho nitro benzene ring substituents is 1. The van der Waals surface area contributed by atoms with E-state index in [2.05, 4.69) is 15.9 Å². The van der Waals surface area contributed by atoms with E-state index in [9.17, 15) is 14.9 Å². The third kappa shape index (κ3) is 3.37. The van der Waals surface area contributed by atoms with Crippen LogP contribution in [0.4, 0.5) is 5.69 Å². The Kier molecular flexibility index (Phi) is 4.41. The molecule has 2 rings (SSSR count). The van der Waals surface area contributed by atoms with Crippen LogP contribution in [0.1, 0.15) is 10.4 Å². The fourth-order valence-electron chi connectivity index (χ4n) is 1.52. The van der Waals surface area contributed by atoms with Gasteiger partial charge in [0.05, 0.1) is 10.5 Å². The lowest BCUT2D eigenvalue weighted by Crippen LogP contribution is -2.00. The maximum atomic E-state index is 11.2. The first-order valence-electron chi connectivity index (χ1n) is 5.42. The average Bonchev–Trinajstić information content (AvgIpc) is 2.41. The van der Waals surface area contributed by atoms with E-state index in [1.807, 2.05) is 12.1 Å². The second-order valence-corrected chi connectivity index (χ2v) is 5.83. The number of hydrogen-bond acceptors (Lipinski definition) is 4. The van der Waals surface area contributed by atoms with Crippen molar-refractivity contribution in [2.24, 2.45) is 0 Å². The molecular formula is C13H8BrNO4S. The Bertz CT molecular complexity index is 673. The van der Waals surface area contributed by atoms with Crippen LogP contribution in [0.2, 0.25) is 0 Å². The highest BCUT2D eigenvalue weighted by molar-refractivity contribution is 9.10. The lowest BCUT2D eigenvalue weighted by molar-refractivity contribution is -0.385. The lowest BCUT2D eigenvalue weighted by Gasteiger charge is -2.06. The van der Waals surface area contributed by atoms with Crippen molar-refractivity contribution in [2.45, 2.75) is 9.79 Å². The van der Waals surface area contributed by atoms with Gasteiger partial charge in [-0.05, 0) is 30.3 Å². The Balaban J connectivity index is 2.41. The molecule has 0 spiro atoms. The van der Waals surface area contributed by atoms with Crippen LogP contribution >= 0.6 is 27.7 Å². The molecule has 1 N–H and O–H groups in total. The van der Waals surface area contributed by atoms with Gasteiger partial charge in [0.25, 0.3) is 5.69 Å². The Hall–Kier alpha value is -1.86. The number of rotatable bonds is 4. The largest absolute Gasteiger partial charge is 0.478 e. The van der Waals surface area contributed by atoms with Crippen LogP contribution in [0, 0.1) is 10.1 Å². The number of aromatic carboxylic acids is 1. The monoisotopic (exact) mass is 353 g/mol. The van der Waals surface area contributed by atoms with Crippen LogP contribution < -0.4 is 0 Å². The Morgan fingerprint density at radius 1 is 1.20 bits per heavy atom. The zero-order valence-electron chi connectivity index (χ0n) is 9.95. The first kappa shape index (κ1) is 14.5. The molecule has 0 fully saturated rings. The third-order valence-electron chi connectivity index (χ3n) is 2.45. The summed E-state index contributed by atoms with van der Waals surface area (Å²) in [5, 5.41) is 19.9. The molecular weight excluding hydrogens is 346 g/mol. The quantitative estimate of drug-likeness (QED) is 0.657. The topological polar surface area (TPSA) is 80.4 Å². The van der Waals surface area contributed by atoms with Gasteiger partial charge in [-0.25, -0.2) is 4.79 Å². The van der Waals surface area contributed by atoms with Gasteiger partial charge in [-0.1, -0.05) is 27.7 Å². The SMILES string of the molecule is O=C(O)c1ccc([N+](=O)[O-])cc1Sc1ccc(Br)cc1. The van der Waals surface area contributed by atoms with E-state index in [0.717, 1.165) is 9.37 Å². The summed E-state index contributed by atoms with van der Waals surface area (Å²) in [6.45, 7) is 0. The number of nitro groups is 1. The minimum absolute atomic E-state index is 0.0449. The highest BCUT2D eigenvalue weighted by Gasteiger charge is 2.16. The van der Waals surface area contributed by atoms with Crippen LogP contribution in [-0.2, 0) is 0 Å². The van der Waals surface area contributed by atoms with Crippen molar-refractivity contribution in [2.75, 3.05) is 0 Å². The van der Waals surface area contributed by atoms with Gasteiger partial charge >= 0.3 is 5.97 Å². The van der Waals surface area contributed by atoms with Crippen molar-refractivity contribution >= 4 is 39.3 Å². The zero-order valence-corrected chi connectivity index (χ0v) is 12.3. The first-order chi connectivity index (χ1) is 9.47. The summed E-state index contributed by atoms with van der Waals surface area (Å²) in [7, 11) is 0. The Morgan fingerprint density at radius 3 is 2.40 bits per heavy atom. The predicted octanol–water partition coefficient (Wildman–Crippen LogP) is 4.21. The van der Waals surface area contributed by atoms with Crippen LogP contribution in [0.25, 0.3) is 0 Å². The van der Waals surface area contributed by atoms with Crippen molar-refractivity contribution in [3.8, 4) is 0 Å². The number of hydrogen-bond donors (Lipinski definition) is 1. The summed E-state index contributed by atoms with van der Waals surface area (Å²) in [6.07, 6.45) is 0. The first-order valence-corrected chi connectivity index (χ1v) is 7.03. The van der Waals surface area contributed by atoms with Gasteiger partial charge < -0.3 is 5.11 Å². The summed E-state index contributed by atoms with van der Waals surface area (Å²) >= 11 is 4.48. The zero-order chi connectivity index (χ0) is 14.7. The molecule has 2 aromatic carbocycles. The molecule has 0 atom stereocenters. The molecule has 0 heterocycles. The number of carboxylic acid groups (broad SMARTS) is 1. The van der Waals surface area contributed by atoms with E-state index in [1.165, 1.54) is 30.0 Å². The molecule has 102 valence electrons. The third-order valence-corrected chi connectivity index (χ3v) is 4.04. The molecule has 0 aromatic heterocycles. The number of nitro benzene ring substituents is 1. The number of carbonyl (C=O) groups is 1. The Morgan fingerprint density at radius 2 is 1.85 bits per heavy atom. The van der Waals surface area contributed by atoms with Crippen molar-refractivity contribution in [1.29, 1.82) is 0 Å². The van der Waals surface area contributed by atoms with Gasteiger partial charge in [-0.2, -0.15) is 0 Å². The molecule has 0 amide bonds. The maximum absolute atomic E-state index is 11.2. The highest BCUT2D eigenvalue weighted by atomic mass is 79.9. The van der Waals surface area contributed by atoms with Crippen molar-refractivity contribution in [3.63, 3.8) is 0 Å². The molecule has 2 aromatic rings. The van der Waals surface area contributed by atoms with Crippen LogP contribution in [0.5, 0.6) is 0 Å². The number of carboxylic acids is 1. The minimum atomic E-state index is -1.11. The second kappa shape index (κ2) is 6.06. The normalized spacial score (nSPS) is 10.2. The van der Waals surface area contributed by atoms with Gasteiger partial charge in [0.15, 0.2) is 0 Å². The molecule has 0 aliphatic carbocycles. The van der Waals surface area contributed by atoms with E-state index in [4.69, 9.17) is 5.11 Å². The maximum Gasteiger partial charge on any atom is 0.336 e. The fourth-order valence-corrected chi connectivity index (χ4v) is 2.75. The van der Waals surface area contributed by atoms with Gasteiger partial charge in [-0.15, -0.1) is 0 Å². The fraction of sp³-hybridized carbons (Fsp3) is 0. The van der Waals surface area contributed by atoms with Gasteiger partial charge in [0.2, 0.25) is 0 Å². The van der Waals surface area contributed by atoms with Crippen molar-refractivity contribution < 1.29 is 14.8 Å². The predicted molar refractivity (Wildman–Crippen MR) is 78.3 cm³/mol. The molecule has 0 unspecified atom stereocenters. The summed E-state index contributed by atoms with van der Waals surface area (Å²) in [5.74, 6) is -1.11. The van der Waals surface area contributed by atoms with Crippen molar-refractivity contribution in [1.82, 2.24) is 0 Å². The second-order valence-electron chi connectivity index (χ2n) is 3.80. The molecule has 0 aliphatic heterocycles. The van der Waals surface area contributed by atoms with Gasteiger partial charge in [-0.3, -0.25) is 10.1 Å². The van der Waals surface area contributed by atoms with E-state index in [1.54, 1.807) is 12.1 Å². The van der Waals surface area contributed by atoms with E-state index in [-0.39, 0.29) is 11.3 Å². The van der Waals surface area contributed by atoms with Gasteiger partial charge in [0.1, 0.15) is 0 Å². The van der Waals surface area contributed by atoms with E-state index in [0.29, 0.717) is 4.90 Å². The Labute approximate surface area is 126 Å². The summed E-state index contributed by atoms with van der Waals surface area (Å²) in [6, 6.07) is 11.0. The molecule has 0 aliphatic rings. The summed E-state index contributed by atoms with van der Waals surface area (Å²) in [4.78, 5) is 22.5. The molecule has 0 bridgehead atoms. The molecule has 0 radical (unpaired) electrons.